The third-order valence-corrected chi connectivity index (χ3v) is 5.25. The molecule has 28 heavy (non-hydrogen) atoms. The Morgan fingerprint density at radius 2 is 2.04 bits per heavy atom. The van der Waals surface area contributed by atoms with Crippen molar-refractivity contribution in [3.63, 3.8) is 0 Å². The summed E-state index contributed by atoms with van der Waals surface area (Å²) in [6.07, 6.45) is 2.14. The molecule has 1 saturated carbocycles. The maximum atomic E-state index is 11.2. The summed E-state index contributed by atoms with van der Waals surface area (Å²) in [4.78, 5) is 16.7. The molecule has 144 valence electrons. The molecule has 0 saturated heterocycles. The van der Waals surface area contributed by atoms with E-state index < -0.39 is 11.6 Å². The molecule has 0 spiro atoms. The van der Waals surface area contributed by atoms with Gasteiger partial charge in [-0.05, 0) is 29.7 Å². The van der Waals surface area contributed by atoms with Gasteiger partial charge in [-0.2, -0.15) is 5.21 Å². The van der Waals surface area contributed by atoms with Crippen LogP contribution in [0.3, 0.4) is 0 Å². The predicted molar refractivity (Wildman–Crippen MR) is 101 cm³/mol. The van der Waals surface area contributed by atoms with Crippen molar-refractivity contribution in [1.29, 1.82) is 0 Å². The quantitative estimate of drug-likeness (QED) is 0.610. The number of halogens is 1. The Labute approximate surface area is 165 Å². The summed E-state index contributed by atoms with van der Waals surface area (Å²) in [6.45, 7) is 0.273. The zero-order chi connectivity index (χ0) is 19.7. The van der Waals surface area contributed by atoms with Gasteiger partial charge >= 0.3 is 6.09 Å². The summed E-state index contributed by atoms with van der Waals surface area (Å²) in [5.74, 6) is 1.04. The van der Waals surface area contributed by atoms with E-state index in [2.05, 4.69) is 25.6 Å². The topological polar surface area (TPSA) is 117 Å². The lowest BCUT2D eigenvalue weighted by Crippen LogP contribution is -2.42. The molecule has 0 radical (unpaired) electrons. The van der Waals surface area contributed by atoms with Gasteiger partial charge in [0.05, 0.1) is 11.7 Å². The SMILES string of the molecule is CN(C(=O)O)C1(COc2cnc(Cl)c(-c3ccc(-c4nn[nH]n4)cc3)c2)CC1. The summed E-state index contributed by atoms with van der Waals surface area (Å²) in [5.41, 5.74) is 1.94. The number of likely N-dealkylation sites (N-methyl/N-ethyl adjacent to an activating group) is 1. The van der Waals surface area contributed by atoms with Gasteiger partial charge in [0.2, 0.25) is 5.82 Å². The van der Waals surface area contributed by atoms with Crippen molar-refractivity contribution >= 4 is 17.7 Å². The fourth-order valence-corrected chi connectivity index (χ4v) is 3.15. The van der Waals surface area contributed by atoms with Gasteiger partial charge in [-0.15, -0.1) is 10.2 Å². The van der Waals surface area contributed by atoms with Crippen LogP contribution in [0.15, 0.2) is 36.5 Å². The molecule has 1 fully saturated rings. The number of amides is 1. The fraction of sp³-hybridized carbons (Fsp3) is 0.278. The first-order valence-corrected chi connectivity index (χ1v) is 8.96. The number of pyridine rings is 1. The number of aromatic amines is 1. The van der Waals surface area contributed by atoms with Crippen molar-refractivity contribution in [3.8, 4) is 28.3 Å². The van der Waals surface area contributed by atoms with Crippen molar-refractivity contribution in [2.24, 2.45) is 0 Å². The Kier molecular flexibility index (Phi) is 4.60. The second kappa shape index (κ2) is 7.08. The fourth-order valence-electron chi connectivity index (χ4n) is 2.93. The molecule has 0 bridgehead atoms. The van der Waals surface area contributed by atoms with Crippen LogP contribution in [-0.4, -0.2) is 60.9 Å². The number of hydrogen-bond donors (Lipinski definition) is 2. The molecule has 0 unspecified atom stereocenters. The Morgan fingerprint density at radius 3 is 2.64 bits per heavy atom. The van der Waals surface area contributed by atoms with Crippen LogP contribution in [-0.2, 0) is 0 Å². The highest BCUT2D eigenvalue weighted by molar-refractivity contribution is 6.32. The van der Waals surface area contributed by atoms with Crippen LogP contribution < -0.4 is 4.74 Å². The number of ether oxygens (including phenoxy) is 1. The van der Waals surface area contributed by atoms with Crippen LogP contribution in [0.2, 0.25) is 5.15 Å². The highest BCUT2D eigenvalue weighted by atomic mass is 35.5. The first-order chi connectivity index (χ1) is 13.5. The number of carbonyl (C=O) groups is 1. The van der Waals surface area contributed by atoms with Gasteiger partial charge in [0, 0.05) is 18.2 Å². The predicted octanol–water partition coefficient (Wildman–Crippen LogP) is 3.10. The highest BCUT2D eigenvalue weighted by Gasteiger charge is 2.49. The minimum Gasteiger partial charge on any atom is -0.489 e. The minimum atomic E-state index is -0.960. The van der Waals surface area contributed by atoms with Gasteiger partial charge in [0.15, 0.2) is 0 Å². The number of nitrogens with one attached hydrogen (secondary N) is 1. The maximum absolute atomic E-state index is 11.2. The Morgan fingerprint density at radius 1 is 1.32 bits per heavy atom. The van der Waals surface area contributed by atoms with Crippen LogP contribution in [0.5, 0.6) is 5.75 Å². The number of hydrogen-bond acceptors (Lipinski definition) is 6. The molecule has 4 rings (SSSR count). The molecule has 1 aromatic carbocycles. The first kappa shape index (κ1) is 18.2. The van der Waals surface area contributed by atoms with Crippen LogP contribution in [0.25, 0.3) is 22.5 Å². The van der Waals surface area contributed by atoms with Crippen molar-refractivity contribution in [1.82, 2.24) is 30.5 Å². The molecule has 1 aliphatic carbocycles. The third-order valence-electron chi connectivity index (χ3n) is 4.95. The van der Waals surface area contributed by atoms with Gasteiger partial charge in [0.25, 0.3) is 0 Å². The number of rotatable bonds is 6. The van der Waals surface area contributed by atoms with Crippen LogP contribution in [0, 0.1) is 0 Å². The van der Waals surface area contributed by atoms with E-state index in [0.717, 1.165) is 29.5 Å². The van der Waals surface area contributed by atoms with Crippen molar-refractivity contribution < 1.29 is 14.6 Å². The zero-order valence-electron chi connectivity index (χ0n) is 15.0. The number of H-pyrrole nitrogens is 1. The highest BCUT2D eigenvalue weighted by Crippen LogP contribution is 2.41. The molecule has 2 N–H and O–H groups in total. The monoisotopic (exact) mass is 400 g/mol. The average molecular weight is 401 g/mol. The van der Waals surface area contributed by atoms with Gasteiger partial charge in [0.1, 0.15) is 17.5 Å². The molecule has 2 aromatic heterocycles. The molecule has 9 nitrogen and oxygen atoms in total. The summed E-state index contributed by atoms with van der Waals surface area (Å²) < 4.78 is 5.85. The molecular formula is C18H17ClN6O3. The van der Waals surface area contributed by atoms with E-state index in [1.807, 2.05) is 24.3 Å². The molecule has 1 amide bonds. The van der Waals surface area contributed by atoms with E-state index >= 15 is 0 Å². The number of nitrogens with zero attached hydrogens (tertiary/aromatic N) is 5. The van der Waals surface area contributed by atoms with Crippen LogP contribution in [0.4, 0.5) is 4.79 Å². The zero-order valence-corrected chi connectivity index (χ0v) is 15.7. The van der Waals surface area contributed by atoms with Crippen LogP contribution in [0.1, 0.15) is 12.8 Å². The van der Waals surface area contributed by atoms with Gasteiger partial charge in [-0.3, -0.25) is 0 Å². The Bertz CT molecular complexity index is 989. The Hall–Kier alpha value is -3.20. The molecule has 2 heterocycles. The molecular weight excluding hydrogens is 384 g/mol. The molecule has 3 aromatic rings. The second-order valence-corrected chi connectivity index (χ2v) is 7.03. The van der Waals surface area contributed by atoms with E-state index in [-0.39, 0.29) is 6.61 Å². The maximum Gasteiger partial charge on any atom is 0.407 e. The normalized spacial score (nSPS) is 14.5. The van der Waals surface area contributed by atoms with Gasteiger partial charge in [-0.25, -0.2) is 9.78 Å². The third kappa shape index (κ3) is 3.48. The van der Waals surface area contributed by atoms with E-state index in [0.29, 0.717) is 16.7 Å². The second-order valence-electron chi connectivity index (χ2n) is 6.68. The van der Waals surface area contributed by atoms with Crippen molar-refractivity contribution in [3.05, 3.63) is 41.7 Å². The molecule has 1 aliphatic rings. The lowest BCUT2D eigenvalue weighted by molar-refractivity contribution is 0.109. The smallest absolute Gasteiger partial charge is 0.407 e. The lowest BCUT2D eigenvalue weighted by Gasteiger charge is -2.25. The minimum absolute atomic E-state index is 0.273. The van der Waals surface area contributed by atoms with E-state index in [1.54, 1.807) is 13.1 Å². The summed E-state index contributed by atoms with van der Waals surface area (Å²) >= 11 is 6.27. The molecule has 10 heteroatoms. The van der Waals surface area contributed by atoms with E-state index in [4.69, 9.17) is 16.3 Å². The summed E-state index contributed by atoms with van der Waals surface area (Å²) in [6, 6.07) is 9.31. The number of tetrazole rings is 1. The van der Waals surface area contributed by atoms with Gasteiger partial charge < -0.3 is 14.7 Å². The average Bonchev–Trinajstić information content (AvgIpc) is 3.29. The first-order valence-electron chi connectivity index (χ1n) is 8.58. The molecule has 0 aliphatic heterocycles. The van der Waals surface area contributed by atoms with E-state index in [9.17, 15) is 9.90 Å². The largest absolute Gasteiger partial charge is 0.489 e. The lowest BCUT2D eigenvalue weighted by atomic mass is 10.1. The number of aromatic nitrogens is 5. The standard InChI is InChI=1S/C18H17ClN6O3/c1-25(17(26)27)18(6-7-18)10-28-13-8-14(15(19)20-9-13)11-2-4-12(5-3-11)16-21-23-24-22-16/h2-5,8-9H,6-7,10H2,1H3,(H,26,27)(H,21,22,23,24). The van der Waals surface area contributed by atoms with Crippen molar-refractivity contribution in [2.45, 2.75) is 18.4 Å². The molecule has 0 atom stereocenters. The van der Waals surface area contributed by atoms with Gasteiger partial charge in [-0.1, -0.05) is 35.9 Å². The Balaban J connectivity index is 1.52. The summed E-state index contributed by atoms with van der Waals surface area (Å²) in [5, 5.41) is 23.4. The number of carboxylic acid groups (broad SMARTS) is 1. The number of benzene rings is 1. The van der Waals surface area contributed by atoms with E-state index in [1.165, 1.54) is 11.1 Å². The van der Waals surface area contributed by atoms with Crippen LogP contribution >= 0.6 is 11.6 Å². The van der Waals surface area contributed by atoms with Crippen molar-refractivity contribution in [2.75, 3.05) is 13.7 Å². The summed E-state index contributed by atoms with van der Waals surface area (Å²) in [7, 11) is 1.56.